The molecule has 86 valence electrons. The van der Waals surface area contributed by atoms with E-state index >= 15 is 0 Å². The molecule has 0 aromatic carbocycles. The molecule has 0 spiro atoms. The fraction of sp³-hybridized carbons (Fsp3) is 0.400. The average Bonchev–Trinajstić information content (AvgIpc) is 2.53. The molecule has 16 heavy (non-hydrogen) atoms. The topological polar surface area (TPSA) is 73.8 Å². The van der Waals surface area contributed by atoms with Crippen LogP contribution in [-0.2, 0) is 17.3 Å². The first kappa shape index (κ1) is 11.1. The summed E-state index contributed by atoms with van der Waals surface area (Å²) in [6, 6.07) is 1.90. The van der Waals surface area contributed by atoms with Crippen LogP contribution in [0.5, 0.6) is 0 Å². The van der Waals surface area contributed by atoms with E-state index in [0.29, 0.717) is 18.2 Å². The fourth-order valence-electron chi connectivity index (χ4n) is 1.60. The Kier molecular flexibility index (Phi) is 2.91. The van der Waals surface area contributed by atoms with Crippen LogP contribution in [-0.4, -0.2) is 30.8 Å². The van der Waals surface area contributed by atoms with Crippen molar-refractivity contribution in [3.63, 3.8) is 0 Å². The monoisotopic (exact) mass is 238 g/mol. The lowest BCUT2D eigenvalue weighted by molar-refractivity contribution is 0.679. The normalized spacial score (nSPS) is 13.1. The lowest BCUT2D eigenvalue weighted by Gasteiger charge is -2.03. The van der Waals surface area contributed by atoms with Crippen molar-refractivity contribution in [1.82, 2.24) is 14.5 Å². The Hall–Kier alpha value is -1.43. The maximum absolute atomic E-state index is 11.1. The van der Waals surface area contributed by atoms with Gasteiger partial charge in [-0.15, -0.1) is 0 Å². The molecule has 2 rings (SSSR count). The van der Waals surface area contributed by atoms with Gasteiger partial charge in [-0.2, -0.15) is 0 Å². The quantitative estimate of drug-likeness (QED) is 0.854. The molecule has 5 nitrogen and oxygen atoms in total. The molecule has 2 aromatic heterocycles. The van der Waals surface area contributed by atoms with Gasteiger partial charge in [0.2, 0.25) is 5.95 Å². The maximum atomic E-state index is 11.1. The summed E-state index contributed by atoms with van der Waals surface area (Å²) in [5, 5.41) is 0. The summed E-state index contributed by atoms with van der Waals surface area (Å²) in [5.74, 6) is 0.993. The number of aryl methyl sites for hydroxylation is 2. The van der Waals surface area contributed by atoms with Crippen molar-refractivity contribution >= 4 is 27.9 Å². The number of hydrogen-bond donors (Lipinski definition) is 1. The molecule has 2 aromatic rings. The van der Waals surface area contributed by atoms with Crippen molar-refractivity contribution in [2.24, 2.45) is 0 Å². The summed E-state index contributed by atoms with van der Waals surface area (Å²) in [7, 11) is -0.839. The second-order valence-electron chi connectivity index (χ2n) is 3.70. The Morgan fingerprint density at radius 2 is 2.31 bits per heavy atom. The number of nitrogens with zero attached hydrogens (tertiary/aromatic N) is 3. The number of aromatic nitrogens is 3. The summed E-state index contributed by atoms with van der Waals surface area (Å²) >= 11 is 0. The zero-order valence-electron chi connectivity index (χ0n) is 9.30. The molecule has 0 amide bonds. The van der Waals surface area contributed by atoms with E-state index in [1.807, 2.05) is 17.6 Å². The molecule has 0 saturated heterocycles. The van der Waals surface area contributed by atoms with Gasteiger partial charge in [-0.05, 0) is 18.6 Å². The van der Waals surface area contributed by atoms with E-state index in [1.165, 1.54) is 0 Å². The molecule has 0 saturated carbocycles. The maximum Gasteiger partial charge on any atom is 0.202 e. The zero-order valence-corrected chi connectivity index (χ0v) is 10.1. The number of hydrogen-bond acceptors (Lipinski definition) is 4. The summed E-state index contributed by atoms with van der Waals surface area (Å²) in [6.07, 6.45) is 3.41. The predicted molar refractivity (Wildman–Crippen MR) is 65.6 cm³/mol. The van der Waals surface area contributed by atoms with E-state index in [4.69, 9.17) is 5.73 Å². The standard InChI is InChI=1S/C10H14N4OS/c1-7-3-4-12-9-8(7)13-10(11)14(9)5-6-16(2)15/h3-4H,5-6H2,1-2H3,(H2,11,13). The van der Waals surface area contributed by atoms with Gasteiger partial charge in [-0.25, -0.2) is 9.97 Å². The van der Waals surface area contributed by atoms with Gasteiger partial charge in [-0.3, -0.25) is 8.78 Å². The Balaban J connectivity index is 2.48. The first-order valence-corrected chi connectivity index (χ1v) is 6.69. The van der Waals surface area contributed by atoms with E-state index in [-0.39, 0.29) is 0 Å². The molecule has 6 heteroatoms. The van der Waals surface area contributed by atoms with Gasteiger partial charge < -0.3 is 5.73 Å². The van der Waals surface area contributed by atoms with E-state index in [2.05, 4.69) is 9.97 Å². The Labute approximate surface area is 96.1 Å². The number of fused-ring (bicyclic) bond motifs is 1. The highest BCUT2D eigenvalue weighted by Crippen LogP contribution is 2.18. The molecule has 0 aliphatic rings. The van der Waals surface area contributed by atoms with Gasteiger partial charge in [-0.1, -0.05) is 0 Å². The van der Waals surface area contributed by atoms with Crippen molar-refractivity contribution in [3.8, 4) is 0 Å². The van der Waals surface area contributed by atoms with Gasteiger partial charge in [0.15, 0.2) is 5.65 Å². The van der Waals surface area contributed by atoms with Gasteiger partial charge in [0.05, 0.1) is 0 Å². The van der Waals surface area contributed by atoms with Crippen molar-refractivity contribution in [2.75, 3.05) is 17.7 Å². The third kappa shape index (κ3) is 1.92. The average molecular weight is 238 g/mol. The number of nitrogens with two attached hydrogens (primary N) is 1. The van der Waals surface area contributed by atoms with Crippen LogP contribution < -0.4 is 5.73 Å². The number of imidazole rings is 1. The summed E-state index contributed by atoms with van der Waals surface area (Å²) in [4.78, 5) is 8.53. The van der Waals surface area contributed by atoms with Crippen LogP contribution in [0.2, 0.25) is 0 Å². The minimum absolute atomic E-state index is 0.433. The summed E-state index contributed by atoms with van der Waals surface area (Å²) in [5.41, 5.74) is 8.46. The van der Waals surface area contributed by atoms with E-state index in [0.717, 1.165) is 16.7 Å². The minimum Gasteiger partial charge on any atom is -0.369 e. The predicted octanol–water partition coefficient (Wildman–Crippen LogP) is 0.700. The molecule has 0 bridgehead atoms. The highest BCUT2D eigenvalue weighted by atomic mass is 32.2. The second-order valence-corrected chi connectivity index (χ2v) is 5.25. The molecule has 0 aliphatic heterocycles. The first-order chi connectivity index (χ1) is 7.59. The van der Waals surface area contributed by atoms with Crippen LogP contribution in [0.3, 0.4) is 0 Å². The van der Waals surface area contributed by atoms with Crippen molar-refractivity contribution < 1.29 is 4.21 Å². The van der Waals surface area contributed by atoms with Gasteiger partial charge in [0.1, 0.15) is 5.52 Å². The molecular formula is C10H14N4OS. The van der Waals surface area contributed by atoms with Gasteiger partial charge in [0, 0.05) is 35.5 Å². The highest BCUT2D eigenvalue weighted by molar-refractivity contribution is 7.84. The SMILES string of the molecule is Cc1ccnc2c1nc(N)n2CCS(C)=O. The molecular weight excluding hydrogens is 224 g/mol. The third-order valence-electron chi connectivity index (χ3n) is 2.47. The van der Waals surface area contributed by atoms with Crippen LogP contribution in [0.25, 0.3) is 11.2 Å². The minimum atomic E-state index is -0.839. The van der Waals surface area contributed by atoms with Crippen molar-refractivity contribution in [2.45, 2.75) is 13.5 Å². The van der Waals surface area contributed by atoms with Crippen LogP contribution in [0.1, 0.15) is 5.56 Å². The molecule has 1 unspecified atom stereocenters. The van der Waals surface area contributed by atoms with Crippen molar-refractivity contribution in [3.05, 3.63) is 17.8 Å². The Bertz CT molecular complexity index is 549. The molecule has 0 aliphatic carbocycles. The number of nitrogen functional groups attached to an aromatic ring is 1. The molecule has 2 heterocycles. The largest absolute Gasteiger partial charge is 0.369 e. The Morgan fingerprint density at radius 3 is 3.00 bits per heavy atom. The van der Waals surface area contributed by atoms with E-state index in [9.17, 15) is 4.21 Å². The van der Waals surface area contributed by atoms with Crippen LogP contribution in [0, 0.1) is 6.92 Å². The van der Waals surface area contributed by atoms with Crippen molar-refractivity contribution in [1.29, 1.82) is 0 Å². The third-order valence-corrected chi connectivity index (χ3v) is 3.23. The number of pyridine rings is 1. The lowest BCUT2D eigenvalue weighted by atomic mass is 10.3. The van der Waals surface area contributed by atoms with Crippen LogP contribution >= 0.6 is 0 Å². The Morgan fingerprint density at radius 1 is 1.56 bits per heavy atom. The van der Waals surface area contributed by atoms with E-state index < -0.39 is 10.8 Å². The summed E-state index contributed by atoms with van der Waals surface area (Å²) in [6.45, 7) is 2.56. The van der Waals surface area contributed by atoms with Gasteiger partial charge in [0.25, 0.3) is 0 Å². The highest BCUT2D eigenvalue weighted by Gasteiger charge is 2.10. The fourth-order valence-corrected chi connectivity index (χ4v) is 2.04. The van der Waals surface area contributed by atoms with Gasteiger partial charge >= 0.3 is 0 Å². The number of anilines is 1. The van der Waals surface area contributed by atoms with Crippen LogP contribution in [0.15, 0.2) is 12.3 Å². The smallest absolute Gasteiger partial charge is 0.202 e. The summed E-state index contributed by atoms with van der Waals surface area (Å²) < 4.78 is 12.9. The van der Waals surface area contributed by atoms with Crippen LogP contribution in [0.4, 0.5) is 5.95 Å². The molecule has 1 atom stereocenters. The molecule has 0 fully saturated rings. The second kappa shape index (κ2) is 4.21. The molecule has 2 N–H and O–H groups in total. The number of rotatable bonds is 3. The first-order valence-electron chi connectivity index (χ1n) is 4.97. The molecule has 0 radical (unpaired) electrons. The lowest BCUT2D eigenvalue weighted by Crippen LogP contribution is -2.09. The zero-order chi connectivity index (χ0) is 11.7. The van der Waals surface area contributed by atoms with E-state index in [1.54, 1.807) is 12.5 Å².